The molecule has 1 rings (SSSR count). The van der Waals surface area contributed by atoms with Crippen LogP contribution in [0.15, 0.2) is 0 Å². The first-order valence-corrected chi connectivity index (χ1v) is 4.03. The Labute approximate surface area is 70.7 Å². The summed E-state index contributed by atoms with van der Waals surface area (Å²) in [5.74, 6) is -0.395. The van der Waals surface area contributed by atoms with Crippen molar-refractivity contribution in [3.8, 4) is 0 Å². The molecule has 0 aliphatic heterocycles. The first kappa shape index (κ1) is 8.99. The molecule has 5 heteroatoms. The average Bonchev–Trinajstić information content (AvgIpc) is 1.97. The molecule has 4 N–H and O–H groups in total. The zero-order chi connectivity index (χ0) is 8.97. The molecule has 1 fully saturated rings. The Kier molecular flexibility index (Phi) is 3.04. The third kappa shape index (κ3) is 2.20. The fourth-order valence-electron chi connectivity index (χ4n) is 0.955. The van der Waals surface area contributed by atoms with E-state index in [1.54, 1.807) is 0 Å². The van der Waals surface area contributed by atoms with Gasteiger partial charge in [-0.15, -0.1) is 0 Å². The molecule has 2 amide bonds. The molecule has 0 radical (unpaired) electrons. The Bertz CT molecular complexity index is 189. The molecule has 0 aromatic rings. The molecule has 0 spiro atoms. The normalized spacial score (nSPS) is 16.4. The average molecular weight is 171 g/mol. The SMILES string of the molecule is NCC(=O)NNC(=O)C1CCC1. The van der Waals surface area contributed by atoms with Gasteiger partial charge in [0.1, 0.15) is 0 Å². The molecule has 5 nitrogen and oxygen atoms in total. The highest BCUT2D eigenvalue weighted by Gasteiger charge is 2.25. The Balaban J connectivity index is 2.13. The lowest BCUT2D eigenvalue weighted by atomic mass is 9.85. The summed E-state index contributed by atoms with van der Waals surface area (Å²) in [6.45, 7) is -0.106. The number of hydrogen-bond donors (Lipinski definition) is 3. The number of hydrazine groups is 1. The lowest BCUT2D eigenvalue weighted by molar-refractivity contribution is -0.132. The van der Waals surface area contributed by atoms with Gasteiger partial charge in [-0.25, -0.2) is 0 Å². The molecular weight excluding hydrogens is 158 g/mol. The van der Waals surface area contributed by atoms with Crippen molar-refractivity contribution < 1.29 is 9.59 Å². The molecule has 12 heavy (non-hydrogen) atoms. The number of nitrogens with one attached hydrogen (secondary N) is 2. The van der Waals surface area contributed by atoms with Crippen LogP contribution in [-0.2, 0) is 9.59 Å². The third-order valence-electron chi connectivity index (χ3n) is 1.99. The number of hydrogen-bond acceptors (Lipinski definition) is 3. The number of rotatable bonds is 2. The zero-order valence-corrected chi connectivity index (χ0v) is 6.80. The van der Waals surface area contributed by atoms with Gasteiger partial charge in [0.2, 0.25) is 5.91 Å². The van der Waals surface area contributed by atoms with Crippen LogP contribution in [0, 0.1) is 5.92 Å². The van der Waals surface area contributed by atoms with Gasteiger partial charge in [0.15, 0.2) is 0 Å². The van der Waals surface area contributed by atoms with Crippen LogP contribution in [0.1, 0.15) is 19.3 Å². The van der Waals surface area contributed by atoms with Gasteiger partial charge in [-0.2, -0.15) is 0 Å². The van der Waals surface area contributed by atoms with Crippen molar-refractivity contribution in [1.29, 1.82) is 0 Å². The Morgan fingerprint density at radius 1 is 1.33 bits per heavy atom. The number of amides is 2. The fraction of sp³-hybridized carbons (Fsp3) is 0.714. The van der Waals surface area contributed by atoms with E-state index < -0.39 is 0 Å². The molecule has 0 unspecified atom stereocenters. The molecule has 1 aliphatic carbocycles. The van der Waals surface area contributed by atoms with Crippen LogP contribution in [0.2, 0.25) is 0 Å². The summed E-state index contributed by atoms with van der Waals surface area (Å²) in [7, 11) is 0. The van der Waals surface area contributed by atoms with Gasteiger partial charge in [-0.3, -0.25) is 20.4 Å². The van der Waals surface area contributed by atoms with Crippen LogP contribution in [0.5, 0.6) is 0 Å². The summed E-state index contributed by atoms with van der Waals surface area (Å²) in [5.41, 5.74) is 9.55. The second kappa shape index (κ2) is 4.06. The minimum absolute atomic E-state index is 0.0862. The standard InChI is InChI=1S/C7H13N3O2/c8-4-6(11)9-10-7(12)5-2-1-3-5/h5H,1-4,8H2,(H,9,11)(H,10,12). The van der Waals surface area contributed by atoms with Gasteiger partial charge in [0, 0.05) is 5.92 Å². The van der Waals surface area contributed by atoms with Gasteiger partial charge in [-0.05, 0) is 12.8 Å². The van der Waals surface area contributed by atoms with Crippen molar-refractivity contribution in [1.82, 2.24) is 10.9 Å². The molecule has 0 saturated heterocycles. The lowest BCUT2D eigenvalue weighted by Gasteiger charge is -2.23. The summed E-state index contributed by atoms with van der Waals surface area (Å²) >= 11 is 0. The monoisotopic (exact) mass is 171 g/mol. The summed E-state index contributed by atoms with van der Waals surface area (Å²) in [5, 5.41) is 0. The number of carbonyl (C=O) groups is 2. The van der Waals surface area contributed by atoms with Crippen molar-refractivity contribution in [3.63, 3.8) is 0 Å². The Morgan fingerprint density at radius 2 is 2.00 bits per heavy atom. The van der Waals surface area contributed by atoms with E-state index in [1.807, 2.05) is 0 Å². The summed E-state index contributed by atoms with van der Waals surface area (Å²) in [6, 6.07) is 0. The highest BCUT2D eigenvalue weighted by molar-refractivity contribution is 5.84. The predicted molar refractivity (Wildman–Crippen MR) is 42.7 cm³/mol. The van der Waals surface area contributed by atoms with E-state index in [1.165, 1.54) is 0 Å². The maximum Gasteiger partial charge on any atom is 0.252 e. The van der Waals surface area contributed by atoms with Crippen LogP contribution in [0.25, 0.3) is 0 Å². The van der Waals surface area contributed by atoms with Crippen molar-refractivity contribution in [3.05, 3.63) is 0 Å². The van der Waals surface area contributed by atoms with Gasteiger partial charge in [0.25, 0.3) is 5.91 Å². The van der Waals surface area contributed by atoms with E-state index in [2.05, 4.69) is 10.9 Å². The second-order valence-corrected chi connectivity index (χ2v) is 2.87. The van der Waals surface area contributed by atoms with E-state index in [0.717, 1.165) is 19.3 Å². The minimum Gasteiger partial charge on any atom is -0.322 e. The van der Waals surface area contributed by atoms with Crippen LogP contribution >= 0.6 is 0 Å². The van der Waals surface area contributed by atoms with E-state index in [0.29, 0.717) is 0 Å². The molecule has 0 aromatic heterocycles. The molecule has 0 bridgehead atoms. The largest absolute Gasteiger partial charge is 0.322 e. The van der Waals surface area contributed by atoms with Crippen molar-refractivity contribution in [2.45, 2.75) is 19.3 Å². The highest BCUT2D eigenvalue weighted by atomic mass is 16.2. The van der Waals surface area contributed by atoms with Crippen LogP contribution in [0.4, 0.5) is 0 Å². The first-order valence-electron chi connectivity index (χ1n) is 4.03. The van der Waals surface area contributed by atoms with E-state index in [9.17, 15) is 9.59 Å². The van der Waals surface area contributed by atoms with Crippen molar-refractivity contribution in [2.24, 2.45) is 11.7 Å². The van der Waals surface area contributed by atoms with E-state index in [-0.39, 0.29) is 24.3 Å². The molecule has 1 aliphatic rings. The van der Waals surface area contributed by atoms with Gasteiger partial charge in [-0.1, -0.05) is 6.42 Å². The van der Waals surface area contributed by atoms with Crippen LogP contribution in [-0.4, -0.2) is 18.4 Å². The van der Waals surface area contributed by atoms with Crippen molar-refractivity contribution >= 4 is 11.8 Å². The molecule has 0 atom stereocenters. The van der Waals surface area contributed by atoms with E-state index >= 15 is 0 Å². The minimum atomic E-state index is -0.373. The van der Waals surface area contributed by atoms with Gasteiger partial charge in [0.05, 0.1) is 6.54 Å². The molecule has 0 heterocycles. The molecule has 0 aromatic carbocycles. The first-order chi connectivity index (χ1) is 5.74. The molecule has 1 saturated carbocycles. The molecule has 68 valence electrons. The van der Waals surface area contributed by atoms with Crippen LogP contribution < -0.4 is 16.6 Å². The van der Waals surface area contributed by atoms with Gasteiger partial charge >= 0.3 is 0 Å². The predicted octanol–water partition coefficient (Wildman–Crippen LogP) is -1.11. The second-order valence-electron chi connectivity index (χ2n) is 2.87. The highest BCUT2D eigenvalue weighted by Crippen LogP contribution is 2.25. The summed E-state index contributed by atoms with van der Waals surface area (Å²) < 4.78 is 0. The number of carbonyl (C=O) groups excluding carboxylic acids is 2. The smallest absolute Gasteiger partial charge is 0.252 e. The van der Waals surface area contributed by atoms with Crippen molar-refractivity contribution in [2.75, 3.05) is 6.54 Å². The lowest BCUT2D eigenvalue weighted by Crippen LogP contribution is -2.47. The topological polar surface area (TPSA) is 84.2 Å². The maximum absolute atomic E-state index is 11.1. The Morgan fingerprint density at radius 3 is 2.42 bits per heavy atom. The molecular formula is C7H13N3O2. The Hall–Kier alpha value is -1.10. The van der Waals surface area contributed by atoms with Crippen LogP contribution in [0.3, 0.4) is 0 Å². The summed E-state index contributed by atoms with van der Waals surface area (Å²) in [6.07, 6.45) is 2.94. The quantitative estimate of drug-likeness (QED) is 0.461. The maximum atomic E-state index is 11.1. The zero-order valence-electron chi connectivity index (χ0n) is 6.80. The third-order valence-corrected chi connectivity index (χ3v) is 1.99. The fourth-order valence-corrected chi connectivity index (χ4v) is 0.955. The number of nitrogens with two attached hydrogens (primary N) is 1. The van der Waals surface area contributed by atoms with E-state index in [4.69, 9.17) is 5.73 Å². The van der Waals surface area contributed by atoms with Gasteiger partial charge < -0.3 is 5.73 Å². The summed E-state index contributed by atoms with van der Waals surface area (Å²) in [4.78, 5) is 21.7.